The van der Waals surface area contributed by atoms with Crippen molar-refractivity contribution in [1.82, 2.24) is 5.43 Å². The Balaban J connectivity index is 1.62. The van der Waals surface area contributed by atoms with Crippen molar-refractivity contribution in [3.05, 3.63) is 53.1 Å². The summed E-state index contributed by atoms with van der Waals surface area (Å²) in [6, 6.07) is 11.6. The summed E-state index contributed by atoms with van der Waals surface area (Å²) in [7, 11) is 0. The highest BCUT2D eigenvalue weighted by Crippen LogP contribution is 2.30. The number of carbonyl (C=O) groups is 1. The molecule has 2 N–H and O–H groups in total. The third-order valence-electron chi connectivity index (χ3n) is 3.17. The summed E-state index contributed by atoms with van der Waals surface area (Å²) in [4.78, 5) is 12.0. The van der Waals surface area contributed by atoms with E-state index in [1.54, 1.807) is 24.3 Å². The normalized spacial score (nSPS) is 16.3. The van der Waals surface area contributed by atoms with Gasteiger partial charge in [-0.2, -0.15) is 5.10 Å². The second kappa shape index (κ2) is 6.58. The van der Waals surface area contributed by atoms with E-state index in [0.717, 1.165) is 0 Å². The van der Waals surface area contributed by atoms with Gasteiger partial charge in [-0.1, -0.05) is 23.7 Å². The molecule has 0 radical (unpaired) electrons. The Labute approximate surface area is 137 Å². The molecule has 6 nitrogen and oxygen atoms in total. The zero-order valence-corrected chi connectivity index (χ0v) is 12.7. The highest BCUT2D eigenvalue weighted by atomic mass is 35.5. The molecule has 1 aliphatic heterocycles. The molecule has 1 amide bonds. The number of halogens is 1. The van der Waals surface area contributed by atoms with Gasteiger partial charge in [0.05, 0.1) is 6.21 Å². The van der Waals surface area contributed by atoms with Crippen LogP contribution in [0.3, 0.4) is 0 Å². The number of rotatable bonds is 3. The van der Waals surface area contributed by atoms with Crippen LogP contribution in [-0.2, 0) is 4.79 Å². The summed E-state index contributed by atoms with van der Waals surface area (Å²) in [6.07, 6.45) is 0.506. The predicted molar refractivity (Wildman–Crippen MR) is 85.2 cm³/mol. The van der Waals surface area contributed by atoms with Gasteiger partial charge < -0.3 is 14.6 Å². The lowest BCUT2D eigenvalue weighted by Gasteiger charge is -2.24. The smallest absolute Gasteiger partial charge is 0.284 e. The average Bonchev–Trinajstić information content (AvgIpc) is 2.57. The first kappa shape index (κ1) is 15.2. The number of phenols is 1. The van der Waals surface area contributed by atoms with Gasteiger partial charge >= 0.3 is 0 Å². The van der Waals surface area contributed by atoms with Crippen LogP contribution in [0.1, 0.15) is 5.56 Å². The quantitative estimate of drug-likeness (QED) is 0.668. The van der Waals surface area contributed by atoms with E-state index in [0.29, 0.717) is 22.1 Å². The number of aromatic hydroxyl groups is 1. The minimum atomic E-state index is -0.796. The molecule has 1 aliphatic rings. The van der Waals surface area contributed by atoms with Crippen molar-refractivity contribution in [3.63, 3.8) is 0 Å². The van der Waals surface area contributed by atoms with Gasteiger partial charge in [0.1, 0.15) is 12.4 Å². The molecule has 0 aromatic heterocycles. The molecular weight excluding hydrogens is 320 g/mol. The number of hydrogen-bond donors (Lipinski definition) is 2. The number of hydrazone groups is 1. The number of hydrogen-bond acceptors (Lipinski definition) is 5. The Bertz CT molecular complexity index is 763. The topological polar surface area (TPSA) is 80.2 Å². The van der Waals surface area contributed by atoms with Crippen LogP contribution < -0.4 is 14.9 Å². The molecule has 1 atom stereocenters. The molecule has 0 aliphatic carbocycles. The maximum Gasteiger partial charge on any atom is 0.284 e. The van der Waals surface area contributed by atoms with Gasteiger partial charge in [0, 0.05) is 10.6 Å². The molecule has 3 rings (SSSR count). The van der Waals surface area contributed by atoms with Crippen LogP contribution in [0, 0.1) is 0 Å². The van der Waals surface area contributed by atoms with Crippen molar-refractivity contribution in [2.45, 2.75) is 6.10 Å². The van der Waals surface area contributed by atoms with E-state index in [-0.39, 0.29) is 12.4 Å². The van der Waals surface area contributed by atoms with Crippen LogP contribution in [-0.4, -0.2) is 29.9 Å². The summed E-state index contributed by atoms with van der Waals surface area (Å²) in [6.45, 7) is 0.0980. The predicted octanol–water partition coefficient (Wildman–Crippen LogP) is 2.34. The van der Waals surface area contributed by atoms with Gasteiger partial charge in [-0.15, -0.1) is 0 Å². The fourth-order valence-corrected chi connectivity index (χ4v) is 2.20. The number of ether oxygens (including phenoxy) is 2. The van der Waals surface area contributed by atoms with E-state index in [1.165, 1.54) is 18.3 Å². The van der Waals surface area contributed by atoms with Gasteiger partial charge in [-0.25, -0.2) is 5.43 Å². The van der Waals surface area contributed by atoms with E-state index in [2.05, 4.69) is 10.5 Å². The summed E-state index contributed by atoms with van der Waals surface area (Å²) in [5.41, 5.74) is 2.74. The molecule has 0 saturated heterocycles. The van der Waals surface area contributed by atoms with Crippen molar-refractivity contribution < 1.29 is 19.4 Å². The lowest BCUT2D eigenvalue weighted by Crippen LogP contribution is -2.42. The summed E-state index contributed by atoms with van der Waals surface area (Å²) < 4.78 is 11.0. The molecule has 118 valence electrons. The molecule has 0 fully saturated rings. The number of nitrogens with zero attached hydrogens (tertiary/aromatic N) is 1. The van der Waals surface area contributed by atoms with Gasteiger partial charge in [0.2, 0.25) is 6.10 Å². The van der Waals surface area contributed by atoms with Crippen molar-refractivity contribution in [2.24, 2.45) is 5.10 Å². The fourth-order valence-electron chi connectivity index (χ4n) is 2.01. The second-order valence-corrected chi connectivity index (χ2v) is 5.24. The summed E-state index contributed by atoms with van der Waals surface area (Å²) in [5, 5.41) is 13.9. The Kier molecular flexibility index (Phi) is 4.34. The molecule has 2 aromatic carbocycles. The highest BCUT2D eigenvalue weighted by molar-refractivity contribution is 6.30. The van der Waals surface area contributed by atoms with Gasteiger partial charge in [0.15, 0.2) is 11.5 Å². The average molecular weight is 333 g/mol. The lowest BCUT2D eigenvalue weighted by atomic mass is 10.2. The van der Waals surface area contributed by atoms with Crippen LogP contribution in [0.15, 0.2) is 47.6 Å². The van der Waals surface area contributed by atoms with Crippen LogP contribution in [0.5, 0.6) is 17.2 Å². The molecule has 0 unspecified atom stereocenters. The van der Waals surface area contributed by atoms with E-state index < -0.39 is 12.0 Å². The maximum absolute atomic E-state index is 12.0. The molecule has 23 heavy (non-hydrogen) atoms. The summed E-state index contributed by atoms with van der Waals surface area (Å²) in [5.74, 6) is 0.676. The lowest BCUT2D eigenvalue weighted by molar-refractivity contribution is -0.130. The van der Waals surface area contributed by atoms with Gasteiger partial charge in [-0.3, -0.25) is 4.79 Å². The molecule has 1 heterocycles. The number of nitrogens with one attached hydrogen (secondary N) is 1. The number of amides is 1. The zero-order chi connectivity index (χ0) is 16.2. The first-order chi connectivity index (χ1) is 11.1. The molecular formula is C16H13ClN2O4. The van der Waals surface area contributed by atoms with Crippen molar-refractivity contribution in [1.29, 1.82) is 0 Å². The Hall–Kier alpha value is -2.73. The van der Waals surface area contributed by atoms with E-state index in [9.17, 15) is 9.90 Å². The first-order valence-electron chi connectivity index (χ1n) is 6.83. The molecule has 0 saturated carbocycles. The minimum Gasteiger partial charge on any atom is -0.507 e. The standard InChI is InChI=1S/C16H13ClN2O4/c17-11-5-6-12(20)10(7-11)8-18-19-16(21)15-9-22-13-3-1-2-4-14(13)23-15/h1-8,15,20H,9H2,(H,19,21)/b18-8-/t15-/m1/s1. The number of fused-ring (bicyclic) bond motifs is 1. The van der Waals surface area contributed by atoms with Gasteiger partial charge in [-0.05, 0) is 30.3 Å². The van der Waals surface area contributed by atoms with Crippen LogP contribution in [0.25, 0.3) is 0 Å². The van der Waals surface area contributed by atoms with Crippen LogP contribution >= 0.6 is 11.6 Å². The van der Waals surface area contributed by atoms with Crippen LogP contribution in [0.2, 0.25) is 5.02 Å². The number of carbonyl (C=O) groups excluding carboxylic acids is 1. The van der Waals surface area contributed by atoms with E-state index >= 15 is 0 Å². The minimum absolute atomic E-state index is 0.0126. The van der Waals surface area contributed by atoms with Crippen molar-refractivity contribution >= 4 is 23.7 Å². The number of phenolic OH excluding ortho intramolecular Hbond substituents is 1. The number of para-hydroxylation sites is 2. The van der Waals surface area contributed by atoms with E-state index in [4.69, 9.17) is 21.1 Å². The largest absolute Gasteiger partial charge is 0.507 e. The third kappa shape index (κ3) is 3.54. The van der Waals surface area contributed by atoms with Crippen LogP contribution in [0.4, 0.5) is 0 Å². The molecule has 7 heteroatoms. The zero-order valence-electron chi connectivity index (χ0n) is 11.9. The highest BCUT2D eigenvalue weighted by Gasteiger charge is 2.26. The summed E-state index contributed by atoms with van der Waals surface area (Å²) >= 11 is 5.83. The Morgan fingerprint density at radius 2 is 2.09 bits per heavy atom. The molecule has 2 aromatic rings. The fraction of sp³-hybridized carbons (Fsp3) is 0.125. The molecule has 0 bridgehead atoms. The van der Waals surface area contributed by atoms with Crippen molar-refractivity contribution in [2.75, 3.05) is 6.61 Å². The monoisotopic (exact) mass is 332 g/mol. The number of benzene rings is 2. The maximum atomic E-state index is 12.0. The van der Waals surface area contributed by atoms with Crippen molar-refractivity contribution in [3.8, 4) is 17.2 Å². The molecule has 0 spiro atoms. The first-order valence-corrected chi connectivity index (χ1v) is 7.21. The second-order valence-electron chi connectivity index (χ2n) is 4.80. The SMILES string of the molecule is O=C(N/N=C\c1cc(Cl)ccc1O)[C@H]1COc2ccccc2O1. The third-order valence-corrected chi connectivity index (χ3v) is 3.40. The van der Waals surface area contributed by atoms with E-state index in [1.807, 2.05) is 6.07 Å². The Morgan fingerprint density at radius 3 is 2.91 bits per heavy atom. The Morgan fingerprint density at radius 1 is 1.30 bits per heavy atom. The van der Waals surface area contributed by atoms with Gasteiger partial charge in [0.25, 0.3) is 5.91 Å².